The third-order valence-corrected chi connectivity index (χ3v) is 2.37. The molecule has 1 fully saturated rings. The maximum absolute atomic E-state index is 5.22. The molecule has 0 saturated heterocycles. The topological polar surface area (TPSA) is 42.5 Å². The maximum Gasteiger partial charge on any atom is 0.0928 e. The van der Waals surface area contributed by atoms with Crippen molar-refractivity contribution in [2.75, 3.05) is 40.5 Å². The van der Waals surface area contributed by atoms with Gasteiger partial charge < -0.3 is 20.1 Å². The van der Waals surface area contributed by atoms with Gasteiger partial charge in [-0.2, -0.15) is 0 Å². The van der Waals surface area contributed by atoms with Gasteiger partial charge in [-0.25, -0.2) is 0 Å². The van der Waals surface area contributed by atoms with E-state index in [4.69, 9.17) is 9.47 Å². The third kappa shape index (κ3) is 5.54. The van der Waals surface area contributed by atoms with Crippen molar-refractivity contribution < 1.29 is 9.47 Å². The van der Waals surface area contributed by atoms with E-state index in [-0.39, 0.29) is 6.10 Å². The number of hydrogen-bond acceptors (Lipinski definition) is 4. The van der Waals surface area contributed by atoms with Gasteiger partial charge in [-0.1, -0.05) is 0 Å². The molecular weight excluding hydrogens is 180 g/mol. The van der Waals surface area contributed by atoms with Crippen LogP contribution in [-0.2, 0) is 9.47 Å². The van der Waals surface area contributed by atoms with Gasteiger partial charge in [0.15, 0.2) is 0 Å². The molecule has 1 atom stereocenters. The summed E-state index contributed by atoms with van der Waals surface area (Å²) in [7, 11) is 3.41. The molecule has 1 aliphatic rings. The number of methoxy groups -OCH3 is 2. The molecule has 14 heavy (non-hydrogen) atoms. The minimum Gasteiger partial charge on any atom is -0.382 e. The van der Waals surface area contributed by atoms with Gasteiger partial charge in [0, 0.05) is 39.9 Å². The zero-order chi connectivity index (χ0) is 10.2. The van der Waals surface area contributed by atoms with E-state index in [0.29, 0.717) is 6.61 Å². The molecule has 0 amide bonds. The zero-order valence-electron chi connectivity index (χ0n) is 9.21. The lowest BCUT2D eigenvalue weighted by molar-refractivity contribution is 0.0291. The first-order valence-electron chi connectivity index (χ1n) is 5.32. The second kappa shape index (κ2) is 7.17. The fourth-order valence-corrected chi connectivity index (χ4v) is 1.31. The first-order valence-corrected chi connectivity index (χ1v) is 5.32. The first-order chi connectivity index (χ1) is 6.86. The molecule has 1 rings (SSSR count). The van der Waals surface area contributed by atoms with Crippen molar-refractivity contribution in [2.45, 2.75) is 25.0 Å². The van der Waals surface area contributed by atoms with Crippen LogP contribution in [0.1, 0.15) is 12.8 Å². The van der Waals surface area contributed by atoms with Crippen molar-refractivity contribution in [1.82, 2.24) is 10.6 Å². The number of nitrogens with one attached hydrogen (secondary N) is 2. The SMILES string of the molecule is COCC(CNCCNC1CC1)OC. The molecule has 0 bridgehead atoms. The van der Waals surface area contributed by atoms with Crippen LogP contribution in [0.25, 0.3) is 0 Å². The van der Waals surface area contributed by atoms with Gasteiger partial charge in [0.05, 0.1) is 12.7 Å². The van der Waals surface area contributed by atoms with E-state index in [1.807, 2.05) is 0 Å². The fourth-order valence-electron chi connectivity index (χ4n) is 1.31. The second-order valence-corrected chi connectivity index (χ2v) is 3.75. The summed E-state index contributed by atoms with van der Waals surface area (Å²) in [4.78, 5) is 0. The molecule has 4 nitrogen and oxygen atoms in total. The minimum absolute atomic E-state index is 0.168. The van der Waals surface area contributed by atoms with Gasteiger partial charge in [-0.05, 0) is 12.8 Å². The molecule has 0 aromatic rings. The molecule has 1 saturated carbocycles. The highest BCUT2D eigenvalue weighted by Gasteiger charge is 2.19. The minimum atomic E-state index is 0.168. The molecule has 1 unspecified atom stereocenters. The highest BCUT2D eigenvalue weighted by Crippen LogP contribution is 2.17. The van der Waals surface area contributed by atoms with Gasteiger partial charge in [-0.15, -0.1) is 0 Å². The normalized spacial score (nSPS) is 18.4. The van der Waals surface area contributed by atoms with Crippen molar-refractivity contribution in [3.05, 3.63) is 0 Å². The van der Waals surface area contributed by atoms with Crippen molar-refractivity contribution in [2.24, 2.45) is 0 Å². The Hall–Kier alpha value is -0.160. The van der Waals surface area contributed by atoms with Gasteiger partial charge in [0.2, 0.25) is 0 Å². The van der Waals surface area contributed by atoms with Crippen molar-refractivity contribution in [3.63, 3.8) is 0 Å². The average molecular weight is 202 g/mol. The summed E-state index contributed by atoms with van der Waals surface area (Å²) >= 11 is 0. The Morgan fingerprint density at radius 2 is 2.07 bits per heavy atom. The van der Waals surface area contributed by atoms with Crippen LogP contribution < -0.4 is 10.6 Å². The summed E-state index contributed by atoms with van der Waals surface area (Å²) in [5.41, 5.74) is 0. The molecule has 2 N–H and O–H groups in total. The molecule has 1 aliphatic carbocycles. The molecule has 0 heterocycles. The Balaban J connectivity index is 1.84. The smallest absolute Gasteiger partial charge is 0.0928 e. The number of ether oxygens (including phenoxy) is 2. The van der Waals surface area contributed by atoms with Crippen LogP contribution in [0.5, 0.6) is 0 Å². The largest absolute Gasteiger partial charge is 0.382 e. The lowest BCUT2D eigenvalue weighted by atomic mass is 10.3. The van der Waals surface area contributed by atoms with Gasteiger partial charge in [0.25, 0.3) is 0 Å². The average Bonchev–Trinajstić information content (AvgIpc) is 2.99. The molecule has 0 spiro atoms. The summed E-state index contributed by atoms with van der Waals surface area (Å²) in [5, 5.41) is 6.78. The third-order valence-electron chi connectivity index (χ3n) is 2.37. The van der Waals surface area contributed by atoms with Crippen LogP contribution in [0.2, 0.25) is 0 Å². The number of rotatable bonds is 9. The molecule has 0 radical (unpaired) electrons. The molecule has 0 aromatic heterocycles. The summed E-state index contributed by atoms with van der Waals surface area (Å²) < 4.78 is 10.2. The highest BCUT2D eigenvalue weighted by molar-refractivity contribution is 4.80. The fraction of sp³-hybridized carbons (Fsp3) is 1.00. The zero-order valence-corrected chi connectivity index (χ0v) is 9.21. The van der Waals surface area contributed by atoms with E-state index in [0.717, 1.165) is 25.7 Å². The molecule has 0 aromatic carbocycles. The van der Waals surface area contributed by atoms with Crippen molar-refractivity contribution in [1.29, 1.82) is 0 Å². The van der Waals surface area contributed by atoms with Crippen LogP contribution in [0.4, 0.5) is 0 Å². The quantitative estimate of drug-likeness (QED) is 0.516. The van der Waals surface area contributed by atoms with Crippen LogP contribution in [0.15, 0.2) is 0 Å². The molecule has 0 aliphatic heterocycles. The van der Waals surface area contributed by atoms with E-state index < -0.39 is 0 Å². The van der Waals surface area contributed by atoms with Gasteiger partial charge >= 0.3 is 0 Å². The number of hydrogen-bond donors (Lipinski definition) is 2. The Morgan fingerprint density at radius 3 is 2.64 bits per heavy atom. The van der Waals surface area contributed by atoms with E-state index in [9.17, 15) is 0 Å². The maximum atomic E-state index is 5.22. The second-order valence-electron chi connectivity index (χ2n) is 3.75. The molecule has 4 heteroatoms. The van der Waals surface area contributed by atoms with Crippen molar-refractivity contribution in [3.8, 4) is 0 Å². The van der Waals surface area contributed by atoms with Gasteiger partial charge in [-0.3, -0.25) is 0 Å². The Labute approximate surface area is 86.3 Å². The first kappa shape index (κ1) is 11.9. The lowest BCUT2D eigenvalue weighted by Gasteiger charge is -2.14. The van der Waals surface area contributed by atoms with E-state index in [1.165, 1.54) is 12.8 Å². The Bertz CT molecular complexity index is 140. The van der Waals surface area contributed by atoms with Crippen LogP contribution in [-0.4, -0.2) is 52.6 Å². The van der Waals surface area contributed by atoms with Crippen LogP contribution in [0.3, 0.4) is 0 Å². The lowest BCUT2D eigenvalue weighted by Crippen LogP contribution is -2.36. The Kier molecular flexibility index (Phi) is 6.10. The predicted octanol–water partition coefficient (Wildman–Crippen LogP) is -0.0106. The standard InChI is InChI=1S/C10H22N2O2/c1-13-8-10(14-2)7-11-5-6-12-9-3-4-9/h9-12H,3-8H2,1-2H3. The van der Waals surface area contributed by atoms with E-state index in [1.54, 1.807) is 14.2 Å². The van der Waals surface area contributed by atoms with Gasteiger partial charge in [0.1, 0.15) is 0 Å². The van der Waals surface area contributed by atoms with Crippen molar-refractivity contribution >= 4 is 0 Å². The summed E-state index contributed by atoms with van der Waals surface area (Å²) in [6.07, 6.45) is 2.87. The summed E-state index contributed by atoms with van der Waals surface area (Å²) in [5.74, 6) is 0. The van der Waals surface area contributed by atoms with Crippen LogP contribution in [0, 0.1) is 0 Å². The van der Waals surface area contributed by atoms with E-state index >= 15 is 0 Å². The van der Waals surface area contributed by atoms with Crippen LogP contribution >= 0.6 is 0 Å². The molecular formula is C10H22N2O2. The Morgan fingerprint density at radius 1 is 1.29 bits per heavy atom. The van der Waals surface area contributed by atoms with E-state index in [2.05, 4.69) is 10.6 Å². The summed E-state index contributed by atoms with van der Waals surface area (Å²) in [6, 6.07) is 0.800. The summed E-state index contributed by atoms with van der Waals surface area (Å²) in [6.45, 7) is 3.56. The highest BCUT2D eigenvalue weighted by atomic mass is 16.5. The monoisotopic (exact) mass is 202 g/mol. The predicted molar refractivity (Wildman–Crippen MR) is 56.6 cm³/mol. The molecule has 84 valence electrons.